The third-order valence-electron chi connectivity index (χ3n) is 2.40. The number of alkyl halides is 3. The number of anilines is 1. The molecule has 7 heteroatoms. The van der Waals surface area contributed by atoms with Crippen LogP contribution in [0.2, 0.25) is 0 Å². The Morgan fingerprint density at radius 2 is 1.95 bits per heavy atom. The van der Waals surface area contributed by atoms with E-state index in [4.69, 9.17) is 0 Å². The minimum absolute atomic E-state index is 0.0609. The first kappa shape index (κ1) is 15.6. The van der Waals surface area contributed by atoms with Crippen molar-refractivity contribution in [2.45, 2.75) is 29.8 Å². The van der Waals surface area contributed by atoms with E-state index < -0.39 is 20.2 Å². The fourth-order valence-electron chi connectivity index (χ4n) is 1.52. The Labute approximate surface area is 110 Å². The van der Waals surface area contributed by atoms with Gasteiger partial charge in [-0.25, -0.2) is 8.42 Å². The third kappa shape index (κ3) is 3.50. The predicted molar refractivity (Wildman–Crippen MR) is 67.6 cm³/mol. The summed E-state index contributed by atoms with van der Waals surface area (Å²) < 4.78 is 60.5. The van der Waals surface area contributed by atoms with Gasteiger partial charge in [-0.15, -0.1) is 6.58 Å². The van der Waals surface area contributed by atoms with Crippen LogP contribution in [-0.2, 0) is 9.84 Å². The number of hydrogen-bond donors (Lipinski definition) is 1. The lowest BCUT2D eigenvalue weighted by molar-refractivity contribution is -0.0435. The number of nitrogens with one attached hydrogen (secondary N) is 1. The van der Waals surface area contributed by atoms with E-state index in [0.29, 0.717) is 6.42 Å². The Morgan fingerprint density at radius 1 is 1.37 bits per heavy atom. The van der Waals surface area contributed by atoms with E-state index in [9.17, 15) is 21.6 Å². The van der Waals surface area contributed by atoms with Crippen LogP contribution in [0.5, 0.6) is 0 Å². The van der Waals surface area contributed by atoms with Gasteiger partial charge in [0.1, 0.15) is 0 Å². The first-order valence-corrected chi connectivity index (χ1v) is 6.96. The highest BCUT2D eigenvalue weighted by molar-refractivity contribution is 7.92. The van der Waals surface area contributed by atoms with Crippen LogP contribution in [0, 0.1) is 0 Å². The summed E-state index contributed by atoms with van der Waals surface area (Å²) in [6, 6.07) is 4.74. The molecule has 0 spiro atoms. The summed E-state index contributed by atoms with van der Waals surface area (Å²) in [5.74, 6) is 0. The zero-order chi connectivity index (χ0) is 14.7. The Balaban J connectivity index is 3.20. The molecule has 1 aromatic carbocycles. The van der Waals surface area contributed by atoms with Crippen molar-refractivity contribution < 1.29 is 21.6 Å². The van der Waals surface area contributed by atoms with E-state index in [-0.39, 0.29) is 11.7 Å². The van der Waals surface area contributed by atoms with Crippen LogP contribution in [-0.4, -0.2) is 20.0 Å². The number of para-hydroxylation sites is 1. The number of hydrogen-bond acceptors (Lipinski definition) is 3. The van der Waals surface area contributed by atoms with Crippen molar-refractivity contribution in [3.05, 3.63) is 36.9 Å². The average molecular weight is 293 g/mol. The van der Waals surface area contributed by atoms with Crippen LogP contribution in [0.3, 0.4) is 0 Å². The monoisotopic (exact) mass is 293 g/mol. The van der Waals surface area contributed by atoms with Gasteiger partial charge in [0.15, 0.2) is 0 Å². The van der Waals surface area contributed by atoms with Gasteiger partial charge in [0.25, 0.3) is 9.84 Å². The van der Waals surface area contributed by atoms with Gasteiger partial charge in [0.2, 0.25) is 0 Å². The zero-order valence-corrected chi connectivity index (χ0v) is 11.1. The standard InChI is InChI=1S/C12H14F3NO2S/c1-3-6-9(2)16-10-7-4-5-8-11(10)19(17,18)12(13,14)15/h3-5,7-9,16H,1,6H2,2H3. The van der Waals surface area contributed by atoms with Crippen LogP contribution in [0.25, 0.3) is 0 Å². The summed E-state index contributed by atoms with van der Waals surface area (Å²) in [5.41, 5.74) is -5.37. The minimum Gasteiger partial charge on any atom is -0.381 e. The lowest BCUT2D eigenvalue weighted by atomic mass is 10.2. The molecule has 0 fully saturated rings. The average Bonchev–Trinajstić information content (AvgIpc) is 2.28. The fourth-order valence-corrected chi connectivity index (χ4v) is 2.44. The van der Waals surface area contributed by atoms with Crippen LogP contribution in [0.1, 0.15) is 13.3 Å². The minimum atomic E-state index is -5.36. The summed E-state index contributed by atoms with van der Waals surface area (Å²) in [5, 5.41) is 2.74. The third-order valence-corrected chi connectivity index (χ3v) is 3.95. The quantitative estimate of drug-likeness (QED) is 0.847. The molecule has 0 bridgehead atoms. The number of benzene rings is 1. The van der Waals surface area contributed by atoms with Gasteiger partial charge in [0.05, 0.1) is 10.6 Å². The summed E-state index contributed by atoms with van der Waals surface area (Å²) in [4.78, 5) is -0.765. The molecule has 1 unspecified atom stereocenters. The van der Waals surface area contributed by atoms with Crippen molar-refractivity contribution in [3.63, 3.8) is 0 Å². The lowest BCUT2D eigenvalue weighted by Crippen LogP contribution is -2.25. The van der Waals surface area contributed by atoms with E-state index in [1.54, 1.807) is 13.0 Å². The summed E-state index contributed by atoms with van der Waals surface area (Å²) in [6.07, 6.45) is 2.10. The SMILES string of the molecule is C=CCC(C)Nc1ccccc1S(=O)(=O)C(F)(F)F. The molecule has 3 nitrogen and oxygen atoms in total. The highest BCUT2D eigenvalue weighted by Gasteiger charge is 2.47. The molecule has 1 atom stereocenters. The fraction of sp³-hybridized carbons (Fsp3) is 0.333. The first-order chi connectivity index (χ1) is 8.70. The molecular weight excluding hydrogens is 279 g/mol. The van der Waals surface area contributed by atoms with Crippen molar-refractivity contribution >= 4 is 15.5 Å². The molecule has 0 aliphatic rings. The molecule has 1 aromatic rings. The lowest BCUT2D eigenvalue weighted by Gasteiger charge is -2.17. The van der Waals surface area contributed by atoms with Gasteiger partial charge in [-0.3, -0.25) is 0 Å². The van der Waals surface area contributed by atoms with E-state index in [1.165, 1.54) is 18.2 Å². The summed E-state index contributed by atoms with van der Waals surface area (Å²) >= 11 is 0. The van der Waals surface area contributed by atoms with E-state index in [1.807, 2.05) is 0 Å². The first-order valence-electron chi connectivity index (χ1n) is 5.48. The maximum Gasteiger partial charge on any atom is 0.501 e. The summed E-state index contributed by atoms with van der Waals surface area (Å²) in [7, 11) is -5.36. The van der Waals surface area contributed by atoms with E-state index in [0.717, 1.165) is 6.07 Å². The van der Waals surface area contributed by atoms with Crippen molar-refractivity contribution in [2.75, 3.05) is 5.32 Å². The molecular formula is C12H14F3NO2S. The largest absolute Gasteiger partial charge is 0.501 e. The zero-order valence-electron chi connectivity index (χ0n) is 10.2. The second-order valence-electron chi connectivity index (χ2n) is 4.02. The molecule has 0 radical (unpaired) electrons. The number of halogens is 3. The summed E-state index contributed by atoms with van der Waals surface area (Å²) in [6.45, 7) is 5.24. The Morgan fingerprint density at radius 3 is 2.47 bits per heavy atom. The second kappa shape index (κ2) is 5.64. The van der Waals surface area contributed by atoms with Gasteiger partial charge in [-0.1, -0.05) is 18.2 Å². The molecule has 0 aliphatic heterocycles. The van der Waals surface area contributed by atoms with Crippen LogP contribution in [0.4, 0.5) is 18.9 Å². The maximum absolute atomic E-state index is 12.6. The van der Waals surface area contributed by atoms with Crippen LogP contribution < -0.4 is 5.32 Å². The predicted octanol–water partition coefficient (Wildman–Crippen LogP) is 3.36. The smallest absolute Gasteiger partial charge is 0.381 e. The van der Waals surface area contributed by atoms with Gasteiger partial charge in [-0.2, -0.15) is 13.2 Å². The molecule has 106 valence electrons. The van der Waals surface area contributed by atoms with E-state index >= 15 is 0 Å². The molecule has 0 aliphatic carbocycles. The molecule has 0 saturated carbocycles. The molecule has 0 amide bonds. The van der Waals surface area contributed by atoms with Crippen molar-refractivity contribution in [1.29, 1.82) is 0 Å². The molecule has 19 heavy (non-hydrogen) atoms. The van der Waals surface area contributed by atoms with Gasteiger partial charge in [0, 0.05) is 6.04 Å². The normalized spacial score (nSPS) is 13.9. The van der Waals surface area contributed by atoms with Crippen molar-refractivity contribution in [3.8, 4) is 0 Å². The van der Waals surface area contributed by atoms with Crippen LogP contribution in [0.15, 0.2) is 41.8 Å². The Bertz CT molecular complexity index is 552. The molecule has 1 rings (SSSR count). The Kier molecular flexibility index (Phi) is 4.62. The second-order valence-corrected chi connectivity index (χ2v) is 5.92. The van der Waals surface area contributed by atoms with E-state index in [2.05, 4.69) is 11.9 Å². The van der Waals surface area contributed by atoms with Crippen molar-refractivity contribution in [1.82, 2.24) is 0 Å². The van der Waals surface area contributed by atoms with Crippen LogP contribution >= 0.6 is 0 Å². The highest BCUT2D eigenvalue weighted by Crippen LogP contribution is 2.34. The molecule has 0 aromatic heterocycles. The van der Waals surface area contributed by atoms with Gasteiger partial charge >= 0.3 is 5.51 Å². The van der Waals surface area contributed by atoms with Crippen molar-refractivity contribution in [2.24, 2.45) is 0 Å². The Hall–Kier alpha value is -1.50. The molecule has 0 saturated heterocycles. The molecule has 0 heterocycles. The number of sulfone groups is 1. The highest BCUT2D eigenvalue weighted by atomic mass is 32.2. The molecule has 1 N–H and O–H groups in total. The topological polar surface area (TPSA) is 46.2 Å². The maximum atomic E-state index is 12.6. The number of rotatable bonds is 5. The van der Waals surface area contributed by atoms with Gasteiger partial charge in [-0.05, 0) is 25.5 Å². The van der Waals surface area contributed by atoms with Gasteiger partial charge < -0.3 is 5.32 Å².